The van der Waals surface area contributed by atoms with Gasteiger partial charge in [0.25, 0.3) is 5.56 Å². The Morgan fingerprint density at radius 3 is 2.79 bits per heavy atom. The Hall–Kier alpha value is -3.45. The van der Waals surface area contributed by atoms with Gasteiger partial charge in [-0.25, -0.2) is 9.79 Å². The van der Waals surface area contributed by atoms with Crippen molar-refractivity contribution >= 4 is 23.4 Å². The summed E-state index contributed by atoms with van der Waals surface area (Å²) in [6.07, 6.45) is 4.73. The molecule has 4 rings (SSSR count). The second-order valence-corrected chi connectivity index (χ2v) is 7.40. The molecule has 0 aliphatic carbocycles. The SMILES string of the molecule is C=CCOC(=O)C1=C(C)N=c2sc(=Cc3ccco3)c(=O)n2C1c1ccccc1. The highest BCUT2D eigenvalue weighted by Crippen LogP contribution is 2.30. The second kappa shape index (κ2) is 7.89. The predicted molar refractivity (Wildman–Crippen MR) is 110 cm³/mol. The van der Waals surface area contributed by atoms with E-state index in [0.717, 1.165) is 5.56 Å². The van der Waals surface area contributed by atoms with Gasteiger partial charge in [0.15, 0.2) is 4.80 Å². The Balaban J connectivity index is 1.94. The van der Waals surface area contributed by atoms with Crippen LogP contribution in [0.2, 0.25) is 0 Å². The van der Waals surface area contributed by atoms with E-state index in [4.69, 9.17) is 9.15 Å². The van der Waals surface area contributed by atoms with E-state index in [1.165, 1.54) is 17.4 Å². The molecule has 3 heterocycles. The maximum Gasteiger partial charge on any atom is 0.338 e. The lowest BCUT2D eigenvalue weighted by molar-refractivity contribution is -0.138. The van der Waals surface area contributed by atoms with Crippen LogP contribution in [0.1, 0.15) is 24.3 Å². The van der Waals surface area contributed by atoms with Gasteiger partial charge in [-0.05, 0) is 24.6 Å². The summed E-state index contributed by atoms with van der Waals surface area (Å²) in [7, 11) is 0. The van der Waals surface area contributed by atoms with Crippen LogP contribution >= 0.6 is 11.3 Å². The van der Waals surface area contributed by atoms with Crippen LogP contribution in [-0.2, 0) is 9.53 Å². The predicted octanol–water partition coefficient (Wildman–Crippen LogP) is 2.56. The minimum Gasteiger partial charge on any atom is -0.465 e. The van der Waals surface area contributed by atoms with E-state index in [2.05, 4.69) is 11.6 Å². The normalized spacial score (nSPS) is 16.3. The molecule has 0 spiro atoms. The molecular formula is C22H18N2O4S. The Morgan fingerprint density at radius 2 is 2.10 bits per heavy atom. The average molecular weight is 406 g/mol. The first-order chi connectivity index (χ1) is 14.1. The van der Waals surface area contributed by atoms with Crippen LogP contribution in [0.3, 0.4) is 0 Å². The number of hydrogen-bond acceptors (Lipinski definition) is 6. The van der Waals surface area contributed by atoms with E-state index in [9.17, 15) is 9.59 Å². The van der Waals surface area contributed by atoms with E-state index < -0.39 is 12.0 Å². The van der Waals surface area contributed by atoms with Gasteiger partial charge in [-0.1, -0.05) is 54.3 Å². The van der Waals surface area contributed by atoms with Gasteiger partial charge in [0, 0.05) is 6.08 Å². The summed E-state index contributed by atoms with van der Waals surface area (Å²) >= 11 is 1.26. The Morgan fingerprint density at radius 1 is 1.31 bits per heavy atom. The van der Waals surface area contributed by atoms with Crippen LogP contribution in [0.25, 0.3) is 6.08 Å². The molecule has 3 aromatic rings. The van der Waals surface area contributed by atoms with E-state index in [1.54, 1.807) is 36.0 Å². The highest BCUT2D eigenvalue weighted by molar-refractivity contribution is 7.07. The molecule has 6 nitrogen and oxygen atoms in total. The molecule has 7 heteroatoms. The first-order valence-corrected chi connectivity index (χ1v) is 9.81. The van der Waals surface area contributed by atoms with Crippen molar-refractivity contribution in [3.63, 3.8) is 0 Å². The summed E-state index contributed by atoms with van der Waals surface area (Å²) in [6.45, 7) is 5.42. The molecule has 0 saturated heterocycles. The largest absolute Gasteiger partial charge is 0.465 e. The van der Waals surface area contributed by atoms with Crippen molar-refractivity contribution in [2.75, 3.05) is 6.61 Å². The third-order valence-corrected chi connectivity index (χ3v) is 5.49. The minimum absolute atomic E-state index is 0.0834. The van der Waals surface area contributed by atoms with Crippen LogP contribution in [0, 0.1) is 0 Å². The van der Waals surface area contributed by atoms with E-state index in [-0.39, 0.29) is 12.2 Å². The first-order valence-electron chi connectivity index (χ1n) is 8.99. The molecule has 0 saturated carbocycles. The highest BCUT2D eigenvalue weighted by Gasteiger charge is 2.33. The van der Waals surface area contributed by atoms with Crippen molar-refractivity contribution in [3.05, 3.63) is 104 Å². The van der Waals surface area contributed by atoms with Gasteiger partial charge in [-0.3, -0.25) is 9.36 Å². The van der Waals surface area contributed by atoms with Gasteiger partial charge in [-0.15, -0.1) is 0 Å². The van der Waals surface area contributed by atoms with Crippen LogP contribution in [0.4, 0.5) is 0 Å². The molecule has 0 amide bonds. The molecule has 1 unspecified atom stereocenters. The number of aromatic nitrogens is 1. The number of allylic oxidation sites excluding steroid dienone is 1. The highest BCUT2D eigenvalue weighted by atomic mass is 32.1. The molecule has 146 valence electrons. The lowest BCUT2D eigenvalue weighted by Gasteiger charge is -2.24. The molecule has 0 bridgehead atoms. The summed E-state index contributed by atoms with van der Waals surface area (Å²) in [4.78, 5) is 31.1. The van der Waals surface area contributed by atoms with Gasteiger partial charge in [0.1, 0.15) is 12.4 Å². The third kappa shape index (κ3) is 3.52. The molecule has 1 atom stereocenters. The van der Waals surface area contributed by atoms with Crippen LogP contribution in [0.15, 0.2) is 86.9 Å². The third-order valence-electron chi connectivity index (χ3n) is 4.51. The van der Waals surface area contributed by atoms with Crippen molar-refractivity contribution in [1.29, 1.82) is 0 Å². The molecule has 29 heavy (non-hydrogen) atoms. The van der Waals surface area contributed by atoms with E-state index >= 15 is 0 Å². The minimum atomic E-state index is -0.622. The maximum absolute atomic E-state index is 13.3. The van der Waals surface area contributed by atoms with Gasteiger partial charge < -0.3 is 9.15 Å². The number of ether oxygens (including phenoxy) is 1. The number of fused-ring (bicyclic) bond motifs is 1. The number of thiazole rings is 1. The van der Waals surface area contributed by atoms with Gasteiger partial charge in [-0.2, -0.15) is 0 Å². The lowest BCUT2D eigenvalue weighted by Crippen LogP contribution is -2.39. The van der Waals surface area contributed by atoms with Crippen molar-refractivity contribution in [2.45, 2.75) is 13.0 Å². The Labute approximate surface area is 170 Å². The fraction of sp³-hybridized carbons (Fsp3) is 0.136. The molecular weight excluding hydrogens is 388 g/mol. The zero-order valence-electron chi connectivity index (χ0n) is 15.7. The maximum atomic E-state index is 13.3. The molecule has 0 fully saturated rings. The van der Waals surface area contributed by atoms with Crippen molar-refractivity contribution in [2.24, 2.45) is 4.99 Å². The lowest BCUT2D eigenvalue weighted by atomic mass is 9.96. The van der Waals surface area contributed by atoms with Crippen molar-refractivity contribution < 1.29 is 13.9 Å². The molecule has 1 aromatic carbocycles. The number of benzene rings is 1. The summed E-state index contributed by atoms with van der Waals surface area (Å²) in [5.41, 5.74) is 1.44. The van der Waals surface area contributed by atoms with Gasteiger partial charge in [0.2, 0.25) is 0 Å². The number of carbonyl (C=O) groups is 1. The smallest absolute Gasteiger partial charge is 0.338 e. The fourth-order valence-electron chi connectivity index (χ4n) is 3.25. The zero-order valence-corrected chi connectivity index (χ0v) is 16.5. The zero-order chi connectivity index (χ0) is 20.4. The summed E-state index contributed by atoms with van der Waals surface area (Å²) in [5.74, 6) is 0.0631. The van der Waals surface area contributed by atoms with Gasteiger partial charge >= 0.3 is 5.97 Å². The summed E-state index contributed by atoms with van der Waals surface area (Å²) in [5, 5.41) is 0. The van der Waals surface area contributed by atoms with Crippen LogP contribution in [-0.4, -0.2) is 17.1 Å². The standard InChI is InChI=1S/C22H18N2O4S/c1-3-11-28-21(26)18-14(2)23-22-24(19(18)15-8-5-4-6-9-15)20(25)17(29-22)13-16-10-7-12-27-16/h3-10,12-13,19H,1,11H2,2H3. The number of rotatable bonds is 5. The van der Waals surface area contributed by atoms with Crippen LogP contribution in [0.5, 0.6) is 0 Å². The number of carbonyl (C=O) groups excluding carboxylic acids is 1. The number of nitrogens with zero attached hydrogens (tertiary/aromatic N) is 2. The summed E-state index contributed by atoms with van der Waals surface area (Å²) < 4.78 is 12.7. The molecule has 0 radical (unpaired) electrons. The van der Waals surface area contributed by atoms with Crippen molar-refractivity contribution in [3.8, 4) is 0 Å². The topological polar surface area (TPSA) is 73.8 Å². The Bertz CT molecular complexity index is 1260. The van der Waals surface area contributed by atoms with Gasteiger partial charge in [0.05, 0.1) is 28.1 Å². The number of esters is 1. The first kappa shape index (κ1) is 18.9. The monoisotopic (exact) mass is 406 g/mol. The second-order valence-electron chi connectivity index (χ2n) is 6.40. The Kier molecular flexibility index (Phi) is 5.14. The molecule has 2 aromatic heterocycles. The fourth-order valence-corrected chi connectivity index (χ4v) is 4.28. The summed E-state index contributed by atoms with van der Waals surface area (Å²) in [6, 6.07) is 12.3. The molecule has 1 aliphatic rings. The molecule has 0 N–H and O–H groups in total. The van der Waals surface area contributed by atoms with E-state index in [1.807, 2.05) is 30.3 Å². The molecule has 1 aliphatic heterocycles. The van der Waals surface area contributed by atoms with Crippen molar-refractivity contribution in [1.82, 2.24) is 4.57 Å². The van der Waals surface area contributed by atoms with Crippen LogP contribution < -0.4 is 14.9 Å². The number of furan rings is 1. The number of hydrogen-bond donors (Lipinski definition) is 0. The average Bonchev–Trinajstić information content (AvgIpc) is 3.34. The van der Waals surface area contributed by atoms with E-state index in [0.29, 0.717) is 26.4 Å². The quantitative estimate of drug-likeness (QED) is 0.482.